The number of hydrogen-bond acceptors (Lipinski definition) is 1. The van der Waals surface area contributed by atoms with Crippen molar-refractivity contribution in [2.24, 2.45) is 0 Å². The van der Waals surface area contributed by atoms with E-state index in [1.807, 2.05) is 12.1 Å². The second-order valence-corrected chi connectivity index (χ2v) is 7.87. The van der Waals surface area contributed by atoms with Crippen LogP contribution in [-0.4, -0.2) is 11.7 Å². The van der Waals surface area contributed by atoms with E-state index < -0.39 is 0 Å². The summed E-state index contributed by atoms with van der Waals surface area (Å²) in [6.45, 7) is 2.17. The summed E-state index contributed by atoms with van der Waals surface area (Å²) in [6, 6.07) is 32.6. The molecule has 0 aliphatic heterocycles. The first kappa shape index (κ1) is 17.1. The molecule has 0 aliphatic carbocycles. The molecular formula is C28H21NO. The molecule has 0 atom stereocenters. The summed E-state index contributed by atoms with van der Waals surface area (Å²) in [5, 5.41) is 7.78. The summed E-state index contributed by atoms with van der Waals surface area (Å²) in [5.41, 5.74) is 4.89. The van der Waals surface area contributed by atoms with Crippen molar-refractivity contribution in [1.82, 2.24) is 4.57 Å². The first-order valence-electron chi connectivity index (χ1n) is 10.2. The van der Waals surface area contributed by atoms with Gasteiger partial charge in [0.25, 0.3) is 0 Å². The molecule has 0 N–H and O–H groups in total. The molecule has 0 unspecified atom stereocenters. The lowest BCUT2D eigenvalue weighted by atomic mass is 9.96. The fourth-order valence-electron chi connectivity index (χ4n) is 4.79. The summed E-state index contributed by atoms with van der Waals surface area (Å²) in [4.78, 5) is 0. The fraction of sp³-hybridized carbons (Fsp3) is 0.0714. The Hall–Kier alpha value is -3.78. The Morgan fingerprint density at radius 2 is 1.27 bits per heavy atom. The third kappa shape index (κ3) is 2.31. The molecule has 0 fully saturated rings. The molecule has 6 rings (SSSR count). The number of rotatable bonds is 2. The molecule has 0 bridgehead atoms. The van der Waals surface area contributed by atoms with E-state index in [0.29, 0.717) is 0 Å². The summed E-state index contributed by atoms with van der Waals surface area (Å²) in [7, 11) is 1.71. The number of benzene rings is 5. The van der Waals surface area contributed by atoms with Gasteiger partial charge < -0.3 is 9.30 Å². The van der Waals surface area contributed by atoms with Crippen molar-refractivity contribution < 1.29 is 4.74 Å². The standard InChI is InChI=1S/C28H21NO/c1-18-11-16-26-25(17-18)27-23-9-5-3-7-21(23)22-8-4-6-10-24(22)28(27)29(26)19-12-14-20(30-2)15-13-19/h3-17H,1-2H3. The van der Waals surface area contributed by atoms with Crippen molar-refractivity contribution in [1.29, 1.82) is 0 Å². The van der Waals surface area contributed by atoms with Crippen LogP contribution in [-0.2, 0) is 0 Å². The van der Waals surface area contributed by atoms with Crippen LogP contribution in [0.15, 0.2) is 91.0 Å². The van der Waals surface area contributed by atoms with Crippen molar-refractivity contribution in [3.63, 3.8) is 0 Å². The average molecular weight is 387 g/mol. The van der Waals surface area contributed by atoms with Gasteiger partial charge in [0, 0.05) is 21.8 Å². The van der Waals surface area contributed by atoms with Gasteiger partial charge in [0.15, 0.2) is 0 Å². The molecule has 2 nitrogen and oxygen atoms in total. The largest absolute Gasteiger partial charge is 0.497 e. The van der Waals surface area contributed by atoms with E-state index in [4.69, 9.17) is 4.74 Å². The first-order chi connectivity index (χ1) is 14.8. The van der Waals surface area contributed by atoms with Crippen LogP contribution >= 0.6 is 0 Å². The van der Waals surface area contributed by atoms with Gasteiger partial charge >= 0.3 is 0 Å². The van der Waals surface area contributed by atoms with E-state index >= 15 is 0 Å². The van der Waals surface area contributed by atoms with E-state index in [1.165, 1.54) is 48.9 Å². The van der Waals surface area contributed by atoms with Crippen LogP contribution < -0.4 is 4.74 Å². The Kier molecular flexibility index (Phi) is 3.63. The van der Waals surface area contributed by atoms with Crippen LogP contribution in [0.25, 0.3) is 49.0 Å². The molecular weight excluding hydrogens is 366 g/mol. The lowest BCUT2D eigenvalue weighted by Crippen LogP contribution is -1.95. The maximum Gasteiger partial charge on any atom is 0.119 e. The number of hydrogen-bond donors (Lipinski definition) is 0. The van der Waals surface area contributed by atoms with Gasteiger partial charge in [-0.15, -0.1) is 0 Å². The fourth-order valence-corrected chi connectivity index (χ4v) is 4.79. The van der Waals surface area contributed by atoms with Crippen LogP contribution in [0.5, 0.6) is 5.75 Å². The number of ether oxygens (including phenoxy) is 1. The first-order valence-corrected chi connectivity index (χ1v) is 10.2. The minimum absolute atomic E-state index is 0.866. The van der Waals surface area contributed by atoms with Crippen LogP contribution in [0.1, 0.15) is 5.56 Å². The molecule has 0 saturated carbocycles. The molecule has 1 heterocycles. The van der Waals surface area contributed by atoms with Gasteiger partial charge in [0.2, 0.25) is 0 Å². The van der Waals surface area contributed by atoms with E-state index in [0.717, 1.165) is 11.4 Å². The third-order valence-corrected chi connectivity index (χ3v) is 6.12. The molecule has 6 aromatic rings. The van der Waals surface area contributed by atoms with E-state index in [2.05, 4.69) is 90.4 Å². The maximum absolute atomic E-state index is 5.40. The molecule has 30 heavy (non-hydrogen) atoms. The van der Waals surface area contributed by atoms with Crippen molar-refractivity contribution in [2.45, 2.75) is 6.92 Å². The Morgan fingerprint density at radius 1 is 0.633 bits per heavy atom. The molecule has 5 aromatic carbocycles. The molecule has 0 amide bonds. The van der Waals surface area contributed by atoms with E-state index in [-0.39, 0.29) is 0 Å². The minimum atomic E-state index is 0.866. The summed E-state index contributed by atoms with van der Waals surface area (Å²) in [6.07, 6.45) is 0. The Balaban J connectivity index is 1.92. The second-order valence-electron chi connectivity index (χ2n) is 7.87. The van der Waals surface area contributed by atoms with Crippen LogP contribution in [0.3, 0.4) is 0 Å². The SMILES string of the molecule is COc1ccc(-n2c3ccc(C)cc3c3c4ccccc4c4ccccc4c32)cc1. The summed E-state index contributed by atoms with van der Waals surface area (Å²) < 4.78 is 7.80. The zero-order valence-corrected chi connectivity index (χ0v) is 17.0. The van der Waals surface area contributed by atoms with Gasteiger partial charge in [0.1, 0.15) is 5.75 Å². The highest BCUT2D eigenvalue weighted by atomic mass is 16.5. The molecule has 1 aromatic heterocycles. The lowest BCUT2D eigenvalue weighted by molar-refractivity contribution is 0.415. The molecule has 0 aliphatic rings. The maximum atomic E-state index is 5.40. The number of fused-ring (bicyclic) bond motifs is 8. The van der Waals surface area contributed by atoms with Crippen LogP contribution in [0.2, 0.25) is 0 Å². The Morgan fingerprint density at radius 3 is 1.97 bits per heavy atom. The highest BCUT2D eigenvalue weighted by Crippen LogP contribution is 2.42. The van der Waals surface area contributed by atoms with Gasteiger partial charge in [0.05, 0.1) is 18.1 Å². The van der Waals surface area contributed by atoms with Crippen molar-refractivity contribution >= 4 is 43.4 Å². The van der Waals surface area contributed by atoms with Gasteiger partial charge in [-0.2, -0.15) is 0 Å². The predicted octanol–water partition coefficient (Wildman–Crippen LogP) is 7.41. The van der Waals surface area contributed by atoms with Crippen LogP contribution in [0, 0.1) is 6.92 Å². The highest BCUT2D eigenvalue weighted by molar-refractivity contribution is 6.32. The van der Waals surface area contributed by atoms with Gasteiger partial charge in [-0.3, -0.25) is 0 Å². The smallest absolute Gasteiger partial charge is 0.119 e. The second kappa shape index (κ2) is 6.36. The Labute approximate surface area is 174 Å². The van der Waals surface area contributed by atoms with Gasteiger partial charge in [-0.25, -0.2) is 0 Å². The lowest BCUT2D eigenvalue weighted by Gasteiger charge is -2.12. The monoisotopic (exact) mass is 387 g/mol. The highest BCUT2D eigenvalue weighted by Gasteiger charge is 2.18. The quantitative estimate of drug-likeness (QED) is 0.282. The van der Waals surface area contributed by atoms with Crippen molar-refractivity contribution in [3.8, 4) is 11.4 Å². The number of methoxy groups -OCH3 is 1. The van der Waals surface area contributed by atoms with Crippen molar-refractivity contribution in [3.05, 3.63) is 96.6 Å². The zero-order chi connectivity index (χ0) is 20.2. The van der Waals surface area contributed by atoms with Crippen LogP contribution in [0.4, 0.5) is 0 Å². The average Bonchev–Trinajstić information content (AvgIpc) is 3.14. The topological polar surface area (TPSA) is 14.2 Å². The van der Waals surface area contributed by atoms with Gasteiger partial charge in [-0.05, 0) is 59.5 Å². The van der Waals surface area contributed by atoms with Crippen molar-refractivity contribution in [2.75, 3.05) is 7.11 Å². The molecule has 0 radical (unpaired) electrons. The normalized spacial score (nSPS) is 11.7. The molecule has 2 heteroatoms. The predicted molar refractivity (Wildman–Crippen MR) is 127 cm³/mol. The zero-order valence-electron chi connectivity index (χ0n) is 17.0. The minimum Gasteiger partial charge on any atom is -0.497 e. The molecule has 144 valence electrons. The molecule has 0 spiro atoms. The van der Waals surface area contributed by atoms with E-state index in [1.54, 1.807) is 7.11 Å². The van der Waals surface area contributed by atoms with E-state index in [9.17, 15) is 0 Å². The number of aromatic nitrogens is 1. The Bertz CT molecular complexity index is 1570. The number of aryl methyl sites for hydroxylation is 1. The summed E-state index contributed by atoms with van der Waals surface area (Å²) >= 11 is 0. The van der Waals surface area contributed by atoms with Gasteiger partial charge in [-0.1, -0.05) is 60.2 Å². The summed E-state index contributed by atoms with van der Waals surface area (Å²) in [5.74, 6) is 0.866. The third-order valence-electron chi connectivity index (χ3n) is 6.12. The molecule has 0 saturated heterocycles. The number of nitrogens with zero attached hydrogens (tertiary/aromatic N) is 1.